The van der Waals surface area contributed by atoms with E-state index in [2.05, 4.69) is 25.5 Å². The highest BCUT2D eigenvalue weighted by molar-refractivity contribution is 5.24. The molecule has 1 saturated carbocycles. The zero-order valence-electron chi connectivity index (χ0n) is 9.55. The molecule has 0 spiro atoms. The number of hydrogen-bond acceptors (Lipinski definition) is 6. The Kier molecular flexibility index (Phi) is 2.47. The highest BCUT2D eigenvalue weighted by Crippen LogP contribution is 2.38. The van der Waals surface area contributed by atoms with Gasteiger partial charge in [-0.25, -0.2) is 9.97 Å². The summed E-state index contributed by atoms with van der Waals surface area (Å²) in [5.74, 6) is 2.41. The standard InChI is InChI=1S/C11H13N5O/c1-7-4-5-12-11(14-7)13-6-9-15-16-10(17-9)8-2-3-8/h4-5,8H,2-3,6H2,1H3,(H,12,13,14). The molecule has 0 radical (unpaired) electrons. The Bertz CT molecular complexity index is 520. The van der Waals surface area contributed by atoms with Crippen molar-refractivity contribution < 1.29 is 4.42 Å². The first-order chi connectivity index (χ1) is 8.31. The first kappa shape index (κ1) is 10.2. The summed E-state index contributed by atoms with van der Waals surface area (Å²) >= 11 is 0. The number of aryl methyl sites for hydroxylation is 1. The lowest BCUT2D eigenvalue weighted by Gasteiger charge is -2.01. The molecular formula is C11H13N5O. The molecule has 0 aliphatic heterocycles. The van der Waals surface area contributed by atoms with Crippen molar-refractivity contribution in [1.82, 2.24) is 20.2 Å². The van der Waals surface area contributed by atoms with E-state index in [1.54, 1.807) is 6.20 Å². The molecule has 1 N–H and O–H groups in total. The zero-order valence-corrected chi connectivity index (χ0v) is 9.55. The van der Waals surface area contributed by atoms with Crippen LogP contribution in [-0.4, -0.2) is 20.2 Å². The van der Waals surface area contributed by atoms with Gasteiger partial charge < -0.3 is 9.73 Å². The third-order valence-corrected chi connectivity index (χ3v) is 2.60. The van der Waals surface area contributed by atoms with Crippen LogP contribution in [0.1, 0.15) is 36.2 Å². The van der Waals surface area contributed by atoms with Crippen molar-refractivity contribution in [1.29, 1.82) is 0 Å². The van der Waals surface area contributed by atoms with E-state index in [0.717, 1.165) is 24.4 Å². The van der Waals surface area contributed by atoms with Crippen molar-refractivity contribution in [2.24, 2.45) is 0 Å². The maximum absolute atomic E-state index is 5.52. The van der Waals surface area contributed by atoms with Crippen molar-refractivity contribution in [2.75, 3.05) is 5.32 Å². The number of rotatable bonds is 4. The first-order valence-corrected chi connectivity index (χ1v) is 5.67. The molecule has 1 fully saturated rings. The van der Waals surface area contributed by atoms with E-state index in [1.807, 2.05) is 13.0 Å². The monoisotopic (exact) mass is 231 g/mol. The SMILES string of the molecule is Cc1ccnc(NCc2nnc(C3CC3)o2)n1. The van der Waals surface area contributed by atoms with Gasteiger partial charge in [0.2, 0.25) is 17.7 Å². The molecule has 6 nitrogen and oxygen atoms in total. The lowest BCUT2D eigenvalue weighted by Crippen LogP contribution is -2.04. The fourth-order valence-corrected chi connectivity index (χ4v) is 1.52. The Morgan fingerprint density at radius 2 is 2.29 bits per heavy atom. The predicted molar refractivity (Wildman–Crippen MR) is 60.4 cm³/mol. The maximum atomic E-state index is 5.52. The minimum absolute atomic E-state index is 0.461. The molecule has 2 aromatic heterocycles. The van der Waals surface area contributed by atoms with E-state index in [4.69, 9.17) is 4.42 Å². The van der Waals surface area contributed by atoms with Crippen LogP contribution in [0.4, 0.5) is 5.95 Å². The lowest BCUT2D eigenvalue weighted by molar-refractivity contribution is 0.456. The first-order valence-electron chi connectivity index (χ1n) is 5.67. The van der Waals surface area contributed by atoms with E-state index in [0.29, 0.717) is 24.3 Å². The van der Waals surface area contributed by atoms with Gasteiger partial charge in [-0.2, -0.15) is 0 Å². The summed E-state index contributed by atoms with van der Waals surface area (Å²) in [6.45, 7) is 2.38. The Labute approximate surface area is 98.5 Å². The van der Waals surface area contributed by atoms with Gasteiger partial charge in [0.1, 0.15) is 0 Å². The number of aromatic nitrogens is 4. The molecule has 0 bridgehead atoms. The summed E-state index contributed by atoms with van der Waals surface area (Å²) in [6, 6.07) is 1.85. The van der Waals surface area contributed by atoms with Crippen molar-refractivity contribution in [2.45, 2.75) is 32.2 Å². The molecule has 0 unspecified atom stereocenters. The van der Waals surface area contributed by atoms with Crippen LogP contribution in [0, 0.1) is 6.92 Å². The van der Waals surface area contributed by atoms with Crippen LogP contribution < -0.4 is 5.32 Å². The molecule has 0 saturated heterocycles. The molecular weight excluding hydrogens is 218 g/mol. The van der Waals surface area contributed by atoms with Crippen LogP contribution in [0.3, 0.4) is 0 Å². The fourth-order valence-electron chi connectivity index (χ4n) is 1.52. The Hall–Kier alpha value is -1.98. The predicted octanol–water partition coefficient (Wildman–Crippen LogP) is 1.66. The molecule has 2 aromatic rings. The zero-order chi connectivity index (χ0) is 11.7. The van der Waals surface area contributed by atoms with E-state index < -0.39 is 0 Å². The second-order valence-electron chi connectivity index (χ2n) is 4.18. The van der Waals surface area contributed by atoms with Crippen LogP contribution in [0.25, 0.3) is 0 Å². The van der Waals surface area contributed by atoms with Crippen molar-refractivity contribution in [3.63, 3.8) is 0 Å². The van der Waals surface area contributed by atoms with Gasteiger partial charge in [-0.3, -0.25) is 0 Å². The van der Waals surface area contributed by atoms with Gasteiger partial charge in [0.15, 0.2) is 0 Å². The molecule has 0 atom stereocenters. The van der Waals surface area contributed by atoms with Crippen LogP contribution in [0.15, 0.2) is 16.7 Å². The van der Waals surface area contributed by atoms with Crippen molar-refractivity contribution >= 4 is 5.95 Å². The van der Waals surface area contributed by atoms with E-state index in [1.165, 1.54) is 0 Å². The van der Waals surface area contributed by atoms with Crippen LogP contribution in [0.2, 0.25) is 0 Å². The molecule has 0 aromatic carbocycles. The average Bonchev–Trinajstić information content (AvgIpc) is 3.07. The van der Waals surface area contributed by atoms with E-state index >= 15 is 0 Å². The van der Waals surface area contributed by atoms with Crippen molar-refractivity contribution in [3.05, 3.63) is 29.7 Å². The summed E-state index contributed by atoms with van der Waals surface area (Å²) in [5, 5.41) is 11.0. The quantitative estimate of drug-likeness (QED) is 0.862. The second-order valence-corrected chi connectivity index (χ2v) is 4.18. The number of nitrogens with one attached hydrogen (secondary N) is 1. The van der Waals surface area contributed by atoms with E-state index in [9.17, 15) is 0 Å². The topological polar surface area (TPSA) is 76.7 Å². The summed E-state index contributed by atoms with van der Waals surface area (Å²) in [7, 11) is 0. The summed E-state index contributed by atoms with van der Waals surface area (Å²) in [4.78, 5) is 8.33. The minimum atomic E-state index is 0.461. The van der Waals surface area contributed by atoms with Gasteiger partial charge in [-0.05, 0) is 25.8 Å². The Morgan fingerprint density at radius 1 is 1.41 bits per heavy atom. The normalized spacial score (nSPS) is 14.9. The van der Waals surface area contributed by atoms with Gasteiger partial charge in [-0.15, -0.1) is 10.2 Å². The average molecular weight is 231 g/mol. The van der Waals surface area contributed by atoms with Gasteiger partial charge in [0, 0.05) is 17.8 Å². The molecule has 3 rings (SSSR count). The van der Waals surface area contributed by atoms with Crippen molar-refractivity contribution in [3.8, 4) is 0 Å². The molecule has 0 amide bonds. The van der Waals surface area contributed by atoms with Gasteiger partial charge in [-0.1, -0.05) is 0 Å². The number of anilines is 1. The number of nitrogens with zero attached hydrogens (tertiary/aromatic N) is 4. The summed E-state index contributed by atoms with van der Waals surface area (Å²) < 4.78 is 5.52. The lowest BCUT2D eigenvalue weighted by atomic mass is 10.4. The molecule has 2 heterocycles. The fraction of sp³-hybridized carbons (Fsp3) is 0.455. The molecule has 88 valence electrons. The van der Waals surface area contributed by atoms with E-state index in [-0.39, 0.29) is 0 Å². The maximum Gasteiger partial charge on any atom is 0.235 e. The smallest absolute Gasteiger partial charge is 0.235 e. The van der Waals surface area contributed by atoms with Gasteiger partial charge in [0.05, 0.1) is 6.54 Å². The van der Waals surface area contributed by atoms with Gasteiger partial charge >= 0.3 is 0 Å². The second kappa shape index (κ2) is 4.12. The minimum Gasteiger partial charge on any atom is -0.423 e. The highest BCUT2D eigenvalue weighted by Gasteiger charge is 2.29. The Morgan fingerprint density at radius 3 is 3.06 bits per heavy atom. The molecule has 1 aliphatic carbocycles. The van der Waals surface area contributed by atoms with Crippen LogP contribution >= 0.6 is 0 Å². The Balaban J connectivity index is 1.62. The van der Waals surface area contributed by atoms with Gasteiger partial charge in [0.25, 0.3) is 0 Å². The molecule has 1 aliphatic rings. The summed E-state index contributed by atoms with van der Waals surface area (Å²) in [5.41, 5.74) is 0.923. The summed E-state index contributed by atoms with van der Waals surface area (Å²) in [6.07, 6.45) is 4.04. The largest absolute Gasteiger partial charge is 0.423 e. The third-order valence-electron chi connectivity index (χ3n) is 2.60. The highest BCUT2D eigenvalue weighted by atomic mass is 16.4. The van der Waals surface area contributed by atoms with Crippen LogP contribution in [-0.2, 0) is 6.54 Å². The molecule has 17 heavy (non-hydrogen) atoms. The number of hydrogen-bond donors (Lipinski definition) is 1. The van der Waals surface area contributed by atoms with Crippen LogP contribution in [0.5, 0.6) is 0 Å². The third kappa shape index (κ3) is 2.41. The molecule has 6 heteroatoms.